The van der Waals surface area contributed by atoms with Crippen molar-refractivity contribution < 1.29 is 10.2 Å². The smallest absolute Gasteiger partial charge is 0.134 e. The lowest BCUT2D eigenvalue weighted by atomic mass is 9.79. The van der Waals surface area contributed by atoms with Crippen LogP contribution in [0.3, 0.4) is 0 Å². The standard InChI is InChI=1S/C29H34Br2N2O2/c1-28(2,3)20-12-18(26(34)22(14-20)29(4,5)6)16-32-24-10-8-9-11-25(24)33(7)17-19-13-21(30)15-23(31)27(19)35/h8-16,34-35H,17H2,1-7H3. The van der Waals surface area contributed by atoms with Gasteiger partial charge in [0.05, 0.1) is 15.8 Å². The number of para-hydroxylation sites is 2. The van der Waals surface area contributed by atoms with Crippen LogP contribution >= 0.6 is 31.9 Å². The monoisotopic (exact) mass is 600 g/mol. The number of rotatable bonds is 5. The Morgan fingerprint density at radius 1 is 0.886 bits per heavy atom. The summed E-state index contributed by atoms with van der Waals surface area (Å²) in [7, 11) is 1.97. The summed E-state index contributed by atoms with van der Waals surface area (Å²) in [6, 6.07) is 15.7. The average Bonchev–Trinajstić information content (AvgIpc) is 2.75. The van der Waals surface area contributed by atoms with E-state index in [1.807, 2.05) is 54.4 Å². The molecule has 0 aliphatic heterocycles. The van der Waals surface area contributed by atoms with Crippen LogP contribution < -0.4 is 4.90 Å². The van der Waals surface area contributed by atoms with E-state index in [0.29, 0.717) is 16.6 Å². The minimum absolute atomic E-state index is 0.0609. The van der Waals surface area contributed by atoms with Crippen LogP contribution in [0.2, 0.25) is 0 Å². The summed E-state index contributed by atoms with van der Waals surface area (Å²) < 4.78 is 1.53. The Morgan fingerprint density at radius 2 is 1.54 bits per heavy atom. The Balaban J connectivity index is 2.01. The lowest BCUT2D eigenvalue weighted by Gasteiger charge is -2.27. The number of aliphatic imine (C=N–C) groups is 1. The molecule has 0 heterocycles. The number of benzene rings is 3. The molecule has 0 aromatic heterocycles. The third-order valence-corrected chi connectivity index (χ3v) is 7.03. The lowest BCUT2D eigenvalue weighted by molar-refractivity contribution is 0.444. The largest absolute Gasteiger partial charge is 0.507 e. The number of aromatic hydroxyl groups is 2. The first-order chi connectivity index (χ1) is 16.2. The molecule has 0 atom stereocenters. The molecule has 4 nitrogen and oxygen atoms in total. The Bertz CT molecular complexity index is 1250. The fourth-order valence-electron chi connectivity index (χ4n) is 3.88. The maximum absolute atomic E-state index is 11.1. The maximum atomic E-state index is 11.1. The molecule has 0 amide bonds. The van der Waals surface area contributed by atoms with Gasteiger partial charge in [0.15, 0.2) is 0 Å². The van der Waals surface area contributed by atoms with Crippen molar-refractivity contribution in [3.05, 3.63) is 79.7 Å². The quantitative estimate of drug-likeness (QED) is 0.288. The third kappa shape index (κ3) is 6.47. The van der Waals surface area contributed by atoms with E-state index in [1.54, 1.807) is 6.21 Å². The van der Waals surface area contributed by atoms with E-state index in [1.165, 1.54) is 0 Å². The van der Waals surface area contributed by atoms with Gasteiger partial charge < -0.3 is 15.1 Å². The highest BCUT2D eigenvalue weighted by Gasteiger charge is 2.24. The molecule has 0 saturated heterocycles. The van der Waals surface area contributed by atoms with Gasteiger partial charge in [0.2, 0.25) is 0 Å². The van der Waals surface area contributed by atoms with Gasteiger partial charge in [-0.2, -0.15) is 0 Å². The zero-order valence-corrected chi connectivity index (χ0v) is 24.6. The molecule has 3 rings (SSSR count). The van der Waals surface area contributed by atoms with Crippen LogP contribution in [0.15, 0.2) is 62.5 Å². The summed E-state index contributed by atoms with van der Waals surface area (Å²) in [6.45, 7) is 13.3. The second kappa shape index (κ2) is 10.4. The van der Waals surface area contributed by atoms with Crippen LogP contribution in [0, 0.1) is 0 Å². The maximum Gasteiger partial charge on any atom is 0.134 e. The number of phenolic OH excluding ortho intramolecular Hbond substituents is 2. The molecule has 0 bridgehead atoms. The third-order valence-electron chi connectivity index (χ3n) is 5.96. The van der Waals surface area contributed by atoms with Crippen molar-refractivity contribution in [2.75, 3.05) is 11.9 Å². The summed E-state index contributed by atoms with van der Waals surface area (Å²) in [5, 5.41) is 21.6. The molecular formula is C29H34Br2N2O2. The normalized spacial score (nSPS) is 12.4. The molecule has 0 aliphatic rings. The van der Waals surface area contributed by atoms with Gasteiger partial charge in [0.25, 0.3) is 0 Å². The first kappa shape index (κ1) is 27.3. The molecule has 0 unspecified atom stereocenters. The van der Waals surface area contributed by atoms with E-state index in [-0.39, 0.29) is 22.3 Å². The van der Waals surface area contributed by atoms with Crippen molar-refractivity contribution in [3.8, 4) is 11.5 Å². The second-order valence-electron chi connectivity index (χ2n) is 11.0. The fraction of sp³-hybridized carbons (Fsp3) is 0.345. The molecular weight excluding hydrogens is 568 g/mol. The predicted molar refractivity (Wildman–Crippen MR) is 155 cm³/mol. The van der Waals surface area contributed by atoms with E-state index in [0.717, 1.165) is 32.5 Å². The van der Waals surface area contributed by atoms with E-state index in [2.05, 4.69) is 79.5 Å². The topological polar surface area (TPSA) is 56.1 Å². The van der Waals surface area contributed by atoms with Gasteiger partial charge in [-0.1, -0.05) is 75.7 Å². The molecule has 2 N–H and O–H groups in total. The second-order valence-corrected chi connectivity index (χ2v) is 12.7. The van der Waals surface area contributed by atoms with Gasteiger partial charge in [0.1, 0.15) is 11.5 Å². The molecule has 0 saturated carbocycles. The number of hydrogen-bond donors (Lipinski definition) is 2. The van der Waals surface area contributed by atoms with Crippen LogP contribution in [-0.2, 0) is 17.4 Å². The minimum atomic E-state index is -0.202. The highest BCUT2D eigenvalue weighted by Crippen LogP contribution is 2.38. The molecule has 3 aromatic rings. The Kier molecular flexibility index (Phi) is 8.07. The number of halogens is 2. The molecule has 3 aromatic carbocycles. The van der Waals surface area contributed by atoms with Crippen LogP contribution in [0.4, 0.5) is 11.4 Å². The summed E-state index contributed by atoms with van der Waals surface area (Å²) in [6.07, 6.45) is 1.75. The highest BCUT2D eigenvalue weighted by molar-refractivity contribution is 9.11. The molecule has 186 valence electrons. The average molecular weight is 602 g/mol. The summed E-state index contributed by atoms with van der Waals surface area (Å²) in [5.41, 5.74) is 4.99. The Morgan fingerprint density at radius 3 is 2.17 bits per heavy atom. The van der Waals surface area contributed by atoms with Gasteiger partial charge in [-0.15, -0.1) is 0 Å². The first-order valence-electron chi connectivity index (χ1n) is 11.6. The van der Waals surface area contributed by atoms with Crippen LogP contribution in [-0.4, -0.2) is 23.5 Å². The molecule has 35 heavy (non-hydrogen) atoms. The molecule has 0 fully saturated rings. The van der Waals surface area contributed by atoms with Crippen molar-refractivity contribution in [2.45, 2.75) is 58.9 Å². The number of phenols is 2. The number of nitrogens with zero attached hydrogens (tertiary/aromatic N) is 2. The number of anilines is 1. The van der Waals surface area contributed by atoms with E-state index < -0.39 is 0 Å². The van der Waals surface area contributed by atoms with Gasteiger partial charge in [-0.05, 0) is 62.7 Å². The van der Waals surface area contributed by atoms with Gasteiger partial charge in [-0.3, -0.25) is 4.99 Å². The van der Waals surface area contributed by atoms with Crippen molar-refractivity contribution in [3.63, 3.8) is 0 Å². The summed E-state index contributed by atoms with van der Waals surface area (Å²) in [4.78, 5) is 6.84. The van der Waals surface area contributed by atoms with Crippen LogP contribution in [0.5, 0.6) is 11.5 Å². The van der Waals surface area contributed by atoms with Crippen LogP contribution in [0.25, 0.3) is 0 Å². The lowest BCUT2D eigenvalue weighted by Crippen LogP contribution is -2.17. The predicted octanol–water partition coefficient (Wildman–Crippen LogP) is 8.60. The van der Waals surface area contributed by atoms with Crippen molar-refractivity contribution in [1.29, 1.82) is 0 Å². The summed E-state index contributed by atoms with van der Waals surface area (Å²) >= 11 is 6.91. The molecule has 0 spiro atoms. The van der Waals surface area contributed by atoms with Gasteiger partial charge in [-0.25, -0.2) is 0 Å². The van der Waals surface area contributed by atoms with Crippen LogP contribution in [0.1, 0.15) is 63.8 Å². The Labute approximate surface area is 226 Å². The van der Waals surface area contributed by atoms with Crippen molar-refractivity contribution in [2.24, 2.45) is 4.99 Å². The van der Waals surface area contributed by atoms with E-state index in [9.17, 15) is 10.2 Å². The molecule has 0 aliphatic carbocycles. The SMILES string of the molecule is CN(Cc1cc(Br)cc(Br)c1O)c1ccccc1N=Cc1cc(C(C)(C)C)cc(C(C)(C)C)c1O. The van der Waals surface area contributed by atoms with E-state index >= 15 is 0 Å². The van der Waals surface area contributed by atoms with Crippen molar-refractivity contribution >= 4 is 49.4 Å². The minimum Gasteiger partial charge on any atom is -0.507 e. The number of hydrogen-bond acceptors (Lipinski definition) is 4. The molecule has 0 radical (unpaired) electrons. The Hall–Kier alpha value is -2.31. The molecule has 6 heteroatoms. The van der Waals surface area contributed by atoms with Gasteiger partial charge >= 0.3 is 0 Å². The zero-order chi connectivity index (χ0) is 26.1. The zero-order valence-electron chi connectivity index (χ0n) is 21.4. The summed E-state index contributed by atoms with van der Waals surface area (Å²) in [5.74, 6) is 0.489. The fourth-order valence-corrected chi connectivity index (χ4v) is 5.19. The van der Waals surface area contributed by atoms with E-state index in [4.69, 9.17) is 4.99 Å². The first-order valence-corrected chi connectivity index (χ1v) is 13.2. The van der Waals surface area contributed by atoms with Crippen molar-refractivity contribution in [1.82, 2.24) is 0 Å². The van der Waals surface area contributed by atoms with Gasteiger partial charge in [0, 0.05) is 41.0 Å². The highest BCUT2D eigenvalue weighted by atomic mass is 79.9.